The highest BCUT2D eigenvalue weighted by molar-refractivity contribution is 7.84. The fourth-order valence-electron chi connectivity index (χ4n) is 4.80. The van der Waals surface area contributed by atoms with E-state index in [9.17, 15) is 9.00 Å². The maximum atomic E-state index is 12.9. The number of hydrogen-bond acceptors (Lipinski definition) is 9. The number of furan rings is 1. The largest absolute Gasteiger partial charge is 0.461 e. The predicted molar refractivity (Wildman–Crippen MR) is 140 cm³/mol. The predicted octanol–water partition coefficient (Wildman–Crippen LogP) is 2.96. The van der Waals surface area contributed by atoms with Crippen molar-refractivity contribution in [2.75, 3.05) is 31.6 Å². The van der Waals surface area contributed by atoms with Crippen LogP contribution in [0.4, 0.5) is 5.95 Å². The molecule has 2 N–H and O–H groups in total. The van der Waals surface area contributed by atoms with Crippen LogP contribution in [-0.4, -0.2) is 59.1 Å². The number of nitrogens with two attached hydrogens (primary N) is 1. The Balaban J connectivity index is 1.17. The summed E-state index contributed by atoms with van der Waals surface area (Å²) < 4.78 is 20.9. The van der Waals surface area contributed by atoms with Crippen LogP contribution in [0.15, 0.2) is 56.8 Å². The van der Waals surface area contributed by atoms with Gasteiger partial charge in [0.15, 0.2) is 17.1 Å². The van der Waals surface area contributed by atoms with E-state index in [-0.39, 0.29) is 10.8 Å². The highest BCUT2D eigenvalue weighted by Crippen LogP contribution is 2.29. The lowest BCUT2D eigenvalue weighted by atomic mass is 9.89. The summed E-state index contributed by atoms with van der Waals surface area (Å²) in [5, 5.41) is 4.40. The molecule has 5 aromatic rings. The van der Waals surface area contributed by atoms with Gasteiger partial charge in [0, 0.05) is 35.0 Å². The quantitative estimate of drug-likeness (QED) is 0.360. The first-order chi connectivity index (χ1) is 17.5. The van der Waals surface area contributed by atoms with Gasteiger partial charge in [-0.2, -0.15) is 9.50 Å². The number of benzene rings is 1. The molecule has 1 atom stereocenters. The SMILES string of the molecule is CS(=O)c1ccc(C2CCN(CCn3c(=O)sc4c3nc(N)n3nc(-c5ccco5)nc43)CC2)cc1. The lowest BCUT2D eigenvalue weighted by Crippen LogP contribution is -2.36. The molecule has 0 aliphatic carbocycles. The number of rotatable bonds is 6. The van der Waals surface area contributed by atoms with Gasteiger partial charge in [-0.25, -0.2) is 4.98 Å². The van der Waals surface area contributed by atoms with Crippen LogP contribution in [0.3, 0.4) is 0 Å². The smallest absolute Gasteiger partial charge is 0.309 e. The zero-order chi connectivity index (χ0) is 24.8. The fourth-order valence-corrected chi connectivity index (χ4v) is 6.25. The third-order valence-electron chi connectivity index (χ3n) is 6.77. The Hall–Kier alpha value is -3.35. The van der Waals surface area contributed by atoms with Crippen LogP contribution in [0.2, 0.25) is 0 Å². The first kappa shape index (κ1) is 23.1. The zero-order valence-corrected chi connectivity index (χ0v) is 21.3. The Morgan fingerprint density at radius 1 is 1.11 bits per heavy atom. The second-order valence-electron chi connectivity index (χ2n) is 8.93. The Labute approximate surface area is 212 Å². The van der Waals surface area contributed by atoms with Crippen LogP contribution in [0.5, 0.6) is 0 Å². The number of fused-ring (bicyclic) bond motifs is 3. The van der Waals surface area contributed by atoms with Gasteiger partial charge >= 0.3 is 4.87 Å². The average Bonchev–Trinajstić information content (AvgIpc) is 3.63. The van der Waals surface area contributed by atoms with Crippen LogP contribution < -0.4 is 10.6 Å². The van der Waals surface area contributed by atoms with Gasteiger partial charge in [0.2, 0.25) is 11.8 Å². The Morgan fingerprint density at radius 2 is 1.89 bits per heavy atom. The van der Waals surface area contributed by atoms with E-state index in [0.29, 0.717) is 40.0 Å². The normalized spacial score (nSPS) is 16.2. The lowest BCUT2D eigenvalue weighted by Gasteiger charge is -2.32. The highest BCUT2D eigenvalue weighted by Gasteiger charge is 2.23. The molecule has 10 nitrogen and oxygen atoms in total. The lowest BCUT2D eigenvalue weighted by molar-refractivity contribution is 0.205. The minimum absolute atomic E-state index is 0.0872. The van der Waals surface area contributed by atoms with Gasteiger partial charge in [0.1, 0.15) is 4.70 Å². The molecule has 4 aromatic heterocycles. The number of anilines is 1. The van der Waals surface area contributed by atoms with Crippen LogP contribution in [0.25, 0.3) is 27.6 Å². The zero-order valence-electron chi connectivity index (χ0n) is 19.7. The van der Waals surface area contributed by atoms with Crippen LogP contribution in [-0.2, 0) is 17.3 Å². The third-order valence-corrected chi connectivity index (χ3v) is 8.67. The first-order valence-electron chi connectivity index (χ1n) is 11.7. The van der Waals surface area contributed by atoms with Crippen LogP contribution in [0, 0.1) is 0 Å². The number of aromatic nitrogens is 5. The summed E-state index contributed by atoms with van der Waals surface area (Å²) in [6.07, 6.45) is 5.36. The second kappa shape index (κ2) is 9.26. The molecule has 0 saturated carbocycles. The average molecular weight is 524 g/mol. The molecule has 0 spiro atoms. The van der Waals surface area contributed by atoms with E-state index < -0.39 is 10.8 Å². The standard InChI is InChI=1S/C24H25N7O3S2/c1-36(33)17-6-4-15(5-7-17)16-8-10-29(11-9-16)12-13-30-21-19(35-24(30)32)22-26-20(18-3-2-14-34-18)28-31(22)23(25)27-21/h2-7,14,16H,8-13H2,1H3,(H2,25,27). The van der Waals surface area contributed by atoms with Gasteiger partial charge in [-0.1, -0.05) is 23.5 Å². The molecule has 186 valence electrons. The van der Waals surface area contributed by atoms with Gasteiger partial charge < -0.3 is 15.1 Å². The van der Waals surface area contributed by atoms with Gasteiger partial charge in [0.25, 0.3) is 0 Å². The van der Waals surface area contributed by atoms with Crippen LogP contribution >= 0.6 is 11.3 Å². The Kier molecular flexibility index (Phi) is 5.94. The molecule has 36 heavy (non-hydrogen) atoms. The molecule has 1 aliphatic rings. The molecule has 1 unspecified atom stereocenters. The molecule has 0 bridgehead atoms. The first-order valence-corrected chi connectivity index (χ1v) is 14.1. The van der Waals surface area contributed by atoms with Gasteiger partial charge in [-0.3, -0.25) is 13.6 Å². The summed E-state index contributed by atoms with van der Waals surface area (Å²) in [6.45, 7) is 3.20. The van der Waals surface area contributed by atoms with Crippen LogP contribution in [0.1, 0.15) is 24.3 Å². The number of nitrogens with zero attached hydrogens (tertiary/aromatic N) is 6. The maximum absolute atomic E-state index is 12.9. The molecule has 0 amide bonds. The number of likely N-dealkylation sites (tertiary alicyclic amines) is 1. The van der Waals surface area contributed by atoms with Crippen molar-refractivity contribution in [1.29, 1.82) is 0 Å². The van der Waals surface area contributed by atoms with E-state index in [1.165, 1.54) is 10.1 Å². The molecular formula is C24H25N7O3S2. The molecule has 12 heteroatoms. The monoisotopic (exact) mass is 523 g/mol. The second-order valence-corrected chi connectivity index (χ2v) is 11.3. The molecule has 5 heterocycles. The topological polar surface area (TPSA) is 125 Å². The molecule has 1 fully saturated rings. The van der Waals surface area contributed by atoms with E-state index in [1.54, 1.807) is 29.2 Å². The van der Waals surface area contributed by atoms with E-state index in [2.05, 4.69) is 32.1 Å². The molecule has 6 rings (SSSR count). The molecule has 1 saturated heterocycles. The van der Waals surface area contributed by atoms with Crippen molar-refractivity contribution in [3.8, 4) is 11.6 Å². The molecule has 0 radical (unpaired) electrons. The van der Waals surface area contributed by atoms with Crippen molar-refractivity contribution in [2.24, 2.45) is 0 Å². The van der Waals surface area contributed by atoms with Crippen molar-refractivity contribution < 1.29 is 8.63 Å². The fraction of sp³-hybridized carbons (Fsp3) is 0.333. The summed E-state index contributed by atoms with van der Waals surface area (Å²) in [5.41, 5.74) is 8.53. The van der Waals surface area contributed by atoms with E-state index in [4.69, 9.17) is 10.2 Å². The number of hydrogen-bond donors (Lipinski definition) is 1. The minimum atomic E-state index is -0.954. The Bertz CT molecular complexity index is 1610. The van der Waals surface area contributed by atoms with E-state index in [0.717, 1.165) is 48.7 Å². The van der Waals surface area contributed by atoms with Crippen molar-refractivity contribution >= 4 is 44.1 Å². The third kappa shape index (κ3) is 4.14. The van der Waals surface area contributed by atoms with E-state index >= 15 is 0 Å². The number of nitrogen functional groups attached to an aromatic ring is 1. The van der Waals surface area contributed by atoms with Crippen molar-refractivity contribution in [2.45, 2.75) is 30.2 Å². The summed E-state index contributed by atoms with van der Waals surface area (Å²) >= 11 is 1.11. The number of piperidine rings is 1. The number of thiazole rings is 1. The highest BCUT2D eigenvalue weighted by atomic mass is 32.2. The maximum Gasteiger partial charge on any atom is 0.309 e. The molecular weight excluding hydrogens is 498 g/mol. The summed E-state index contributed by atoms with van der Waals surface area (Å²) in [4.78, 5) is 25.1. The van der Waals surface area contributed by atoms with Gasteiger partial charge in [0.05, 0.1) is 6.26 Å². The van der Waals surface area contributed by atoms with Gasteiger partial charge in [-0.15, -0.1) is 5.10 Å². The molecule has 1 aromatic carbocycles. The summed E-state index contributed by atoms with van der Waals surface area (Å²) in [5.74, 6) is 1.59. The van der Waals surface area contributed by atoms with Crippen molar-refractivity contribution in [3.05, 3.63) is 57.9 Å². The van der Waals surface area contributed by atoms with Crippen molar-refractivity contribution in [3.63, 3.8) is 0 Å². The van der Waals surface area contributed by atoms with Crippen molar-refractivity contribution in [1.82, 2.24) is 29.0 Å². The van der Waals surface area contributed by atoms with Gasteiger partial charge in [-0.05, 0) is 61.7 Å². The summed E-state index contributed by atoms with van der Waals surface area (Å²) in [7, 11) is -0.954. The minimum Gasteiger partial charge on any atom is -0.461 e. The molecule has 1 aliphatic heterocycles. The summed E-state index contributed by atoms with van der Waals surface area (Å²) in [6, 6.07) is 11.7. The Morgan fingerprint density at radius 3 is 2.58 bits per heavy atom. The van der Waals surface area contributed by atoms with E-state index in [1.807, 2.05) is 12.1 Å².